The molecule has 1 aliphatic carbocycles. The van der Waals surface area contributed by atoms with E-state index in [4.69, 9.17) is 0 Å². The van der Waals surface area contributed by atoms with Gasteiger partial charge in [0, 0.05) is 41.8 Å². The Kier molecular flexibility index (Phi) is 2.62. The fraction of sp³-hybridized carbons (Fsp3) is 0.263. The number of hydrogen-bond acceptors (Lipinski definition) is 2. The van der Waals surface area contributed by atoms with Crippen LogP contribution in [0.15, 0.2) is 48.7 Å². The first-order valence-corrected chi connectivity index (χ1v) is 8.11. The average molecular weight is 303 g/mol. The largest absolute Gasteiger partial charge is 0.358 e. The fourth-order valence-electron chi connectivity index (χ4n) is 4.24. The summed E-state index contributed by atoms with van der Waals surface area (Å²) in [5.74, 6) is 1.02. The number of hydrogen-bond donors (Lipinski definition) is 1. The van der Waals surface area contributed by atoms with E-state index >= 15 is 0 Å². The second-order valence-electron chi connectivity index (χ2n) is 6.56. The predicted octanol–water partition coefficient (Wildman–Crippen LogP) is 2.97. The van der Waals surface area contributed by atoms with Crippen molar-refractivity contribution in [1.29, 1.82) is 0 Å². The molecule has 3 heterocycles. The summed E-state index contributed by atoms with van der Waals surface area (Å²) >= 11 is 0. The van der Waals surface area contributed by atoms with Crippen molar-refractivity contribution >= 4 is 16.8 Å². The molecule has 1 aliphatic heterocycles. The van der Waals surface area contributed by atoms with Crippen LogP contribution in [0.3, 0.4) is 0 Å². The zero-order valence-corrected chi connectivity index (χ0v) is 12.7. The number of nitrogens with zero attached hydrogens (tertiary/aromatic N) is 2. The second-order valence-corrected chi connectivity index (χ2v) is 6.56. The molecule has 1 N–H and O–H groups in total. The van der Waals surface area contributed by atoms with Crippen molar-refractivity contribution in [2.75, 3.05) is 13.1 Å². The maximum atomic E-state index is 12.6. The highest BCUT2D eigenvalue weighted by Crippen LogP contribution is 2.45. The second kappa shape index (κ2) is 4.69. The lowest BCUT2D eigenvalue weighted by Crippen LogP contribution is -2.30. The van der Waals surface area contributed by atoms with Crippen LogP contribution in [0.2, 0.25) is 0 Å². The van der Waals surface area contributed by atoms with E-state index in [1.54, 1.807) is 12.3 Å². The molecule has 0 spiro atoms. The minimum absolute atomic E-state index is 0.0534. The van der Waals surface area contributed by atoms with Gasteiger partial charge in [-0.15, -0.1) is 0 Å². The van der Waals surface area contributed by atoms with Crippen molar-refractivity contribution in [1.82, 2.24) is 14.9 Å². The maximum absolute atomic E-state index is 12.6. The van der Waals surface area contributed by atoms with Gasteiger partial charge in [-0.05, 0) is 36.1 Å². The summed E-state index contributed by atoms with van der Waals surface area (Å²) in [5.41, 5.74) is 4.56. The lowest BCUT2D eigenvalue weighted by atomic mass is 9.99. The van der Waals surface area contributed by atoms with Crippen LogP contribution in [0.4, 0.5) is 0 Å². The van der Waals surface area contributed by atoms with Crippen molar-refractivity contribution in [3.05, 3.63) is 65.6 Å². The molecule has 0 radical (unpaired) electrons. The van der Waals surface area contributed by atoms with E-state index in [0.717, 1.165) is 19.5 Å². The van der Waals surface area contributed by atoms with E-state index < -0.39 is 0 Å². The lowest BCUT2D eigenvalue weighted by Gasteiger charge is -2.16. The highest BCUT2D eigenvalue weighted by Gasteiger charge is 2.43. The maximum Gasteiger partial charge on any atom is 0.272 e. The lowest BCUT2D eigenvalue weighted by molar-refractivity contribution is 0.0779. The van der Waals surface area contributed by atoms with Gasteiger partial charge in [0.05, 0.1) is 0 Å². The molecule has 1 saturated heterocycles. The van der Waals surface area contributed by atoms with E-state index in [-0.39, 0.29) is 5.91 Å². The van der Waals surface area contributed by atoms with Crippen LogP contribution >= 0.6 is 0 Å². The van der Waals surface area contributed by atoms with Gasteiger partial charge in [0.1, 0.15) is 5.69 Å². The molecule has 5 rings (SSSR count). The van der Waals surface area contributed by atoms with E-state index in [0.29, 0.717) is 17.5 Å². The number of nitrogens with one attached hydrogen (secondary N) is 1. The number of benzene rings is 1. The van der Waals surface area contributed by atoms with Gasteiger partial charge >= 0.3 is 0 Å². The number of amides is 1. The summed E-state index contributed by atoms with van der Waals surface area (Å²) in [6.07, 6.45) is 2.75. The number of aromatic amines is 1. The first kappa shape index (κ1) is 12.9. The molecular weight excluding hydrogens is 286 g/mol. The van der Waals surface area contributed by atoms with Crippen LogP contribution in [-0.4, -0.2) is 33.9 Å². The van der Waals surface area contributed by atoms with E-state index in [9.17, 15) is 4.79 Å². The number of fused-ring (bicyclic) bond motifs is 5. The van der Waals surface area contributed by atoms with Crippen molar-refractivity contribution in [3.8, 4) is 0 Å². The first-order chi connectivity index (χ1) is 11.3. The van der Waals surface area contributed by atoms with Gasteiger partial charge in [-0.25, -0.2) is 0 Å². The molecule has 0 unspecified atom stereocenters. The number of carbonyl (C=O) groups is 1. The third-order valence-corrected chi connectivity index (χ3v) is 5.30. The van der Waals surface area contributed by atoms with Gasteiger partial charge in [0.15, 0.2) is 0 Å². The summed E-state index contributed by atoms with van der Waals surface area (Å²) in [7, 11) is 0. The third-order valence-electron chi connectivity index (χ3n) is 5.30. The summed E-state index contributed by atoms with van der Waals surface area (Å²) < 4.78 is 0. The average Bonchev–Trinajstić information content (AvgIpc) is 3.24. The molecule has 2 aromatic heterocycles. The van der Waals surface area contributed by atoms with E-state index in [1.807, 2.05) is 17.0 Å². The highest BCUT2D eigenvalue weighted by molar-refractivity contribution is 5.93. The number of para-hydroxylation sites is 1. The number of rotatable bonds is 1. The molecule has 1 amide bonds. The zero-order chi connectivity index (χ0) is 15.4. The molecule has 1 fully saturated rings. The summed E-state index contributed by atoms with van der Waals surface area (Å²) in [4.78, 5) is 22.4. The van der Waals surface area contributed by atoms with Crippen LogP contribution in [-0.2, 0) is 6.42 Å². The molecule has 1 aromatic carbocycles. The van der Waals surface area contributed by atoms with Crippen molar-refractivity contribution in [2.45, 2.75) is 12.3 Å². The molecule has 0 bridgehead atoms. The standard InChI is InChI=1S/C19H17N3O/c23-19(17-7-3-4-8-20-17)22-10-12-9-14-13-5-1-2-6-16(13)21-18(14)15(12)11-22/h1-8,12,15,21H,9-11H2/t12-,15+/m1/s1. The van der Waals surface area contributed by atoms with Crippen molar-refractivity contribution < 1.29 is 4.79 Å². The van der Waals surface area contributed by atoms with Crippen LogP contribution in [0.1, 0.15) is 27.7 Å². The Bertz CT molecular complexity index is 899. The Labute approximate surface area is 134 Å². The molecule has 3 aromatic rings. The van der Waals surface area contributed by atoms with Gasteiger partial charge in [0.2, 0.25) is 0 Å². The molecule has 23 heavy (non-hydrogen) atoms. The fourth-order valence-corrected chi connectivity index (χ4v) is 4.24. The van der Waals surface area contributed by atoms with E-state index in [2.05, 4.69) is 34.2 Å². The van der Waals surface area contributed by atoms with Gasteiger partial charge in [-0.2, -0.15) is 0 Å². The number of carbonyl (C=O) groups excluding carboxylic acids is 1. The molecular formula is C19H17N3O. The molecule has 2 atom stereocenters. The Hall–Kier alpha value is -2.62. The normalized spacial score (nSPS) is 22.3. The number of aromatic nitrogens is 2. The molecule has 2 aliphatic rings. The highest BCUT2D eigenvalue weighted by atomic mass is 16.2. The molecule has 0 saturated carbocycles. The van der Waals surface area contributed by atoms with Crippen LogP contribution in [0, 0.1) is 5.92 Å². The Morgan fingerprint density at radius 3 is 2.87 bits per heavy atom. The quantitative estimate of drug-likeness (QED) is 0.751. The molecule has 114 valence electrons. The molecule has 4 heteroatoms. The molecule has 4 nitrogen and oxygen atoms in total. The van der Waals surface area contributed by atoms with Gasteiger partial charge < -0.3 is 9.88 Å². The number of H-pyrrole nitrogens is 1. The SMILES string of the molecule is O=C(c1ccccn1)N1C[C@H]2Cc3c([nH]c4ccccc34)[C@H]2C1. The summed E-state index contributed by atoms with van der Waals surface area (Å²) in [6, 6.07) is 14.0. The monoisotopic (exact) mass is 303 g/mol. The number of likely N-dealkylation sites (tertiary alicyclic amines) is 1. The first-order valence-electron chi connectivity index (χ1n) is 8.11. The van der Waals surface area contributed by atoms with Crippen LogP contribution in [0.5, 0.6) is 0 Å². The third kappa shape index (κ3) is 1.84. The van der Waals surface area contributed by atoms with Crippen molar-refractivity contribution in [3.63, 3.8) is 0 Å². The predicted molar refractivity (Wildman–Crippen MR) is 88.4 cm³/mol. The van der Waals surface area contributed by atoms with Crippen molar-refractivity contribution in [2.24, 2.45) is 5.92 Å². The Morgan fingerprint density at radius 1 is 1.13 bits per heavy atom. The zero-order valence-electron chi connectivity index (χ0n) is 12.7. The minimum atomic E-state index is 0.0534. The van der Waals surface area contributed by atoms with E-state index in [1.165, 1.54) is 22.2 Å². The van der Waals surface area contributed by atoms with Crippen LogP contribution in [0.25, 0.3) is 10.9 Å². The summed E-state index contributed by atoms with van der Waals surface area (Å²) in [5, 5.41) is 1.35. The number of pyridine rings is 1. The topological polar surface area (TPSA) is 49.0 Å². The summed E-state index contributed by atoms with van der Waals surface area (Å²) in [6.45, 7) is 1.62. The van der Waals surface area contributed by atoms with Gasteiger partial charge in [0.25, 0.3) is 5.91 Å². The Balaban J connectivity index is 1.46. The van der Waals surface area contributed by atoms with Gasteiger partial charge in [-0.3, -0.25) is 9.78 Å². The van der Waals surface area contributed by atoms with Gasteiger partial charge in [-0.1, -0.05) is 24.3 Å². The van der Waals surface area contributed by atoms with Crippen LogP contribution < -0.4 is 0 Å². The smallest absolute Gasteiger partial charge is 0.272 e. The Morgan fingerprint density at radius 2 is 2.00 bits per heavy atom. The minimum Gasteiger partial charge on any atom is -0.358 e.